The van der Waals surface area contributed by atoms with Gasteiger partial charge < -0.3 is 10.2 Å². The Morgan fingerprint density at radius 1 is 0.970 bits per heavy atom. The van der Waals surface area contributed by atoms with Gasteiger partial charge in [0.2, 0.25) is 11.8 Å². The fourth-order valence-electron chi connectivity index (χ4n) is 4.27. The maximum atomic E-state index is 13.3. The van der Waals surface area contributed by atoms with Crippen LogP contribution in [0.5, 0.6) is 0 Å². The molecule has 2 amide bonds. The van der Waals surface area contributed by atoms with Crippen LogP contribution in [0, 0.1) is 0 Å². The number of carbonyl (C=O) groups excluding carboxylic acids is 2. The summed E-state index contributed by atoms with van der Waals surface area (Å²) in [6.45, 7) is 6.44. The van der Waals surface area contributed by atoms with Gasteiger partial charge in [-0.1, -0.05) is 80.2 Å². The highest BCUT2D eigenvalue weighted by Gasteiger charge is 2.28. The van der Waals surface area contributed by atoms with Crippen LogP contribution in [-0.2, 0) is 22.6 Å². The second-order valence-corrected chi connectivity index (χ2v) is 10.1. The minimum absolute atomic E-state index is 0.0527. The first kappa shape index (κ1) is 25.6. The van der Waals surface area contributed by atoms with E-state index >= 15 is 0 Å². The van der Waals surface area contributed by atoms with Crippen molar-refractivity contribution in [1.82, 2.24) is 10.2 Å². The molecule has 178 valence electrons. The van der Waals surface area contributed by atoms with Crippen LogP contribution in [0.1, 0.15) is 75.5 Å². The van der Waals surface area contributed by atoms with E-state index in [1.165, 1.54) is 5.56 Å². The van der Waals surface area contributed by atoms with Gasteiger partial charge >= 0.3 is 0 Å². The molecule has 2 aromatic rings. The van der Waals surface area contributed by atoms with Crippen molar-refractivity contribution >= 4 is 35.0 Å². The molecular weight excluding hydrogens is 455 g/mol. The van der Waals surface area contributed by atoms with Gasteiger partial charge in [0.05, 0.1) is 10.0 Å². The number of hydrogen-bond donors (Lipinski definition) is 1. The van der Waals surface area contributed by atoms with Crippen molar-refractivity contribution < 1.29 is 9.59 Å². The number of halogens is 2. The average Bonchev–Trinajstić information content (AvgIpc) is 3.31. The van der Waals surface area contributed by atoms with E-state index in [-0.39, 0.29) is 17.9 Å². The summed E-state index contributed by atoms with van der Waals surface area (Å²) >= 11 is 12.3. The summed E-state index contributed by atoms with van der Waals surface area (Å²) in [6.07, 6.45) is 5.26. The zero-order chi connectivity index (χ0) is 24.0. The minimum Gasteiger partial charge on any atom is -0.352 e. The summed E-state index contributed by atoms with van der Waals surface area (Å²) < 4.78 is 0. The number of nitrogens with zero attached hydrogens (tertiary/aromatic N) is 1. The molecule has 4 nitrogen and oxygen atoms in total. The Morgan fingerprint density at radius 2 is 1.61 bits per heavy atom. The lowest BCUT2D eigenvalue weighted by Crippen LogP contribution is -2.49. The lowest BCUT2D eigenvalue weighted by Gasteiger charge is -2.30. The molecule has 0 unspecified atom stereocenters. The molecule has 0 aromatic heterocycles. The van der Waals surface area contributed by atoms with Crippen molar-refractivity contribution in [3.63, 3.8) is 0 Å². The van der Waals surface area contributed by atoms with E-state index in [4.69, 9.17) is 23.2 Å². The summed E-state index contributed by atoms with van der Waals surface area (Å²) in [5.41, 5.74) is 3.24. The van der Waals surface area contributed by atoms with Gasteiger partial charge in [-0.05, 0) is 60.9 Å². The Bertz CT molecular complexity index is 953. The van der Waals surface area contributed by atoms with Crippen LogP contribution in [0.25, 0.3) is 0 Å². The molecule has 1 saturated carbocycles. The van der Waals surface area contributed by atoms with Crippen molar-refractivity contribution in [2.45, 2.75) is 83.8 Å². The first-order valence-corrected chi connectivity index (χ1v) is 12.6. The van der Waals surface area contributed by atoms with E-state index in [9.17, 15) is 9.59 Å². The number of amides is 2. The van der Waals surface area contributed by atoms with Crippen LogP contribution in [0.4, 0.5) is 0 Å². The van der Waals surface area contributed by atoms with Crippen molar-refractivity contribution in [1.29, 1.82) is 0 Å². The van der Waals surface area contributed by atoms with Crippen LogP contribution in [0.15, 0.2) is 42.5 Å². The molecule has 2 aromatic carbocycles. The van der Waals surface area contributed by atoms with Crippen LogP contribution >= 0.6 is 23.2 Å². The normalized spacial score (nSPS) is 15.0. The molecule has 0 spiro atoms. The minimum atomic E-state index is -0.573. The molecule has 3 rings (SSSR count). The number of rotatable bonds is 9. The Morgan fingerprint density at radius 3 is 2.21 bits per heavy atom. The van der Waals surface area contributed by atoms with Crippen molar-refractivity contribution in [2.24, 2.45) is 0 Å². The van der Waals surface area contributed by atoms with E-state index < -0.39 is 6.04 Å². The number of carbonyl (C=O) groups is 2. The van der Waals surface area contributed by atoms with Crippen molar-refractivity contribution in [3.05, 3.63) is 69.2 Å². The first-order valence-electron chi connectivity index (χ1n) is 11.9. The van der Waals surface area contributed by atoms with Gasteiger partial charge in [0, 0.05) is 19.0 Å². The Kier molecular flexibility index (Phi) is 9.22. The maximum Gasteiger partial charge on any atom is 0.242 e. The Hall–Kier alpha value is -2.04. The largest absolute Gasteiger partial charge is 0.352 e. The maximum absolute atomic E-state index is 13.3. The lowest BCUT2D eigenvalue weighted by molar-refractivity contribution is -0.140. The van der Waals surface area contributed by atoms with E-state index in [2.05, 4.69) is 43.4 Å². The van der Waals surface area contributed by atoms with E-state index in [0.717, 1.165) is 36.8 Å². The second kappa shape index (κ2) is 11.9. The molecule has 6 heteroatoms. The summed E-state index contributed by atoms with van der Waals surface area (Å²) in [5.74, 6) is 0.321. The summed E-state index contributed by atoms with van der Waals surface area (Å²) in [4.78, 5) is 28.0. The SMILES string of the molecule is CC(C)c1ccc(CCC(=O)N(Cc2ccc(Cl)c(Cl)c2)[C@H](C)C(=O)NC2CCCC2)cc1. The van der Waals surface area contributed by atoms with Gasteiger partial charge in [-0.15, -0.1) is 0 Å². The monoisotopic (exact) mass is 488 g/mol. The van der Waals surface area contributed by atoms with Crippen LogP contribution in [-0.4, -0.2) is 28.8 Å². The quantitative estimate of drug-likeness (QED) is 0.436. The highest BCUT2D eigenvalue weighted by molar-refractivity contribution is 6.42. The zero-order valence-corrected chi connectivity index (χ0v) is 21.3. The molecular formula is C27H34Cl2N2O2. The third kappa shape index (κ3) is 7.22. The molecule has 0 bridgehead atoms. The van der Waals surface area contributed by atoms with Gasteiger partial charge in [-0.2, -0.15) is 0 Å². The number of benzene rings is 2. The third-order valence-electron chi connectivity index (χ3n) is 6.48. The molecule has 1 N–H and O–H groups in total. The fourth-order valence-corrected chi connectivity index (χ4v) is 4.59. The van der Waals surface area contributed by atoms with Gasteiger partial charge in [0.25, 0.3) is 0 Å². The van der Waals surface area contributed by atoms with E-state index in [0.29, 0.717) is 35.3 Å². The summed E-state index contributed by atoms with van der Waals surface area (Å²) in [5, 5.41) is 4.04. The summed E-state index contributed by atoms with van der Waals surface area (Å²) in [6, 6.07) is 13.4. The first-order chi connectivity index (χ1) is 15.7. The average molecular weight is 489 g/mol. The topological polar surface area (TPSA) is 49.4 Å². The second-order valence-electron chi connectivity index (χ2n) is 9.33. The third-order valence-corrected chi connectivity index (χ3v) is 7.22. The Balaban J connectivity index is 1.71. The predicted octanol–water partition coefficient (Wildman–Crippen LogP) is 6.53. The van der Waals surface area contributed by atoms with Crippen molar-refractivity contribution in [3.8, 4) is 0 Å². The van der Waals surface area contributed by atoms with Gasteiger partial charge in [-0.25, -0.2) is 0 Å². The molecule has 0 aliphatic heterocycles. The highest BCUT2D eigenvalue weighted by Crippen LogP contribution is 2.24. The van der Waals surface area contributed by atoms with E-state index in [1.807, 2.05) is 6.07 Å². The standard InChI is InChI=1S/C27H34Cl2N2O2/c1-18(2)22-12-8-20(9-13-22)11-15-26(32)31(17-21-10-14-24(28)25(29)16-21)19(3)27(33)30-23-6-4-5-7-23/h8-10,12-14,16,18-19,23H,4-7,11,15,17H2,1-3H3,(H,30,33)/t19-/m1/s1. The number of hydrogen-bond acceptors (Lipinski definition) is 2. The molecule has 0 radical (unpaired) electrons. The molecule has 1 fully saturated rings. The van der Waals surface area contributed by atoms with Gasteiger partial charge in [-0.3, -0.25) is 9.59 Å². The smallest absolute Gasteiger partial charge is 0.242 e. The predicted molar refractivity (Wildman–Crippen MR) is 136 cm³/mol. The molecule has 0 saturated heterocycles. The molecule has 1 aliphatic rings. The fraction of sp³-hybridized carbons (Fsp3) is 0.481. The summed E-state index contributed by atoms with van der Waals surface area (Å²) in [7, 11) is 0. The highest BCUT2D eigenvalue weighted by atomic mass is 35.5. The Labute approximate surface area is 207 Å². The van der Waals surface area contributed by atoms with Crippen LogP contribution < -0.4 is 5.32 Å². The molecule has 1 aliphatic carbocycles. The van der Waals surface area contributed by atoms with Crippen LogP contribution in [0.3, 0.4) is 0 Å². The van der Waals surface area contributed by atoms with Crippen LogP contribution in [0.2, 0.25) is 10.0 Å². The van der Waals surface area contributed by atoms with Crippen molar-refractivity contribution in [2.75, 3.05) is 0 Å². The number of aryl methyl sites for hydroxylation is 1. The molecule has 0 heterocycles. The van der Waals surface area contributed by atoms with Gasteiger partial charge in [0.15, 0.2) is 0 Å². The van der Waals surface area contributed by atoms with Gasteiger partial charge in [0.1, 0.15) is 6.04 Å². The lowest BCUT2D eigenvalue weighted by atomic mass is 10.00. The zero-order valence-electron chi connectivity index (χ0n) is 19.7. The molecule has 1 atom stereocenters. The van der Waals surface area contributed by atoms with E-state index in [1.54, 1.807) is 24.0 Å². The molecule has 33 heavy (non-hydrogen) atoms. The number of nitrogens with one attached hydrogen (secondary N) is 1.